The second kappa shape index (κ2) is 7.48. The molecule has 7 heteroatoms. The highest BCUT2D eigenvalue weighted by Gasteiger charge is 2.36. The molecule has 0 radical (unpaired) electrons. The van der Waals surface area contributed by atoms with Crippen molar-refractivity contribution in [2.24, 2.45) is 5.92 Å². The molecule has 0 bridgehead atoms. The third-order valence-corrected chi connectivity index (χ3v) is 6.43. The molecule has 1 aliphatic heterocycles. The Morgan fingerprint density at radius 2 is 2.26 bits per heavy atom. The van der Waals surface area contributed by atoms with E-state index in [1.54, 1.807) is 0 Å². The maximum Gasteiger partial charge on any atom is 0.263 e. The third kappa shape index (κ3) is 3.66. The molecule has 2 aromatic rings. The van der Waals surface area contributed by atoms with E-state index in [1.807, 2.05) is 26.0 Å². The summed E-state index contributed by atoms with van der Waals surface area (Å²) in [7, 11) is 0. The lowest BCUT2D eigenvalue weighted by atomic mass is 9.75. The van der Waals surface area contributed by atoms with Crippen LogP contribution >= 0.6 is 11.3 Å². The van der Waals surface area contributed by atoms with Crippen molar-refractivity contribution in [3.05, 3.63) is 39.9 Å². The van der Waals surface area contributed by atoms with Gasteiger partial charge in [0.15, 0.2) is 5.13 Å². The summed E-state index contributed by atoms with van der Waals surface area (Å²) in [6.45, 7) is 5.35. The van der Waals surface area contributed by atoms with Gasteiger partial charge in [-0.2, -0.15) is 0 Å². The van der Waals surface area contributed by atoms with Crippen molar-refractivity contribution in [2.45, 2.75) is 45.3 Å². The van der Waals surface area contributed by atoms with Crippen LogP contribution in [0.4, 0.5) is 5.13 Å². The topological polar surface area (TPSA) is 83.5 Å². The normalized spacial score (nSPS) is 21.7. The number of thiazole rings is 1. The minimum absolute atomic E-state index is 0.0997. The number of anilines is 1. The van der Waals surface area contributed by atoms with Gasteiger partial charge in [-0.3, -0.25) is 4.79 Å². The number of nitrogens with zero attached hydrogens (tertiary/aromatic N) is 1. The van der Waals surface area contributed by atoms with Gasteiger partial charge in [-0.1, -0.05) is 17.4 Å². The first-order valence-corrected chi connectivity index (χ1v) is 10.3. The largest absolute Gasteiger partial charge is 0.493 e. The highest BCUT2D eigenvalue weighted by molar-refractivity contribution is 7.17. The van der Waals surface area contributed by atoms with Gasteiger partial charge in [0.05, 0.1) is 24.4 Å². The fraction of sp³-hybridized carbons (Fsp3) is 0.500. The fourth-order valence-electron chi connectivity index (χ4n) is 3.82. The van der Waals surface area contributed by atoms with Crippen molar-refractivity contribution in [3.8, 4) is 5.75 Å². The summed E-state index contributed by atoms with van der Waals surface area (Å²) in [5, 5.41) is 16.9. The lowest BCUT2D eigenvalue weighted by Gasteiger charge is -2.38. The SMILES string of the molecule is CCNc1nc(C)c(C(=O)NC(c2ccc3c(c2)CCO3)C2CC(O)C2)s1. The van der Waals surface area contributed by atoms with Crippen LogP contribution in [0, 0.1) is 12.8 Å². The number of benzene rings is 1. The van der Waals surface area contributed by atoms with Gasteiger partial charge in [-0.15, -0.1) is 0 Å². The number of carbonyl (C=O) groups excluding carboxylic acids is 1. The first kappa shape index (κ1) is 18.3. The van der Waals surface area contributed by atoms with Crippen LogP contribution in [-0.4, -0.2) is 35.3 Å². The minimum atomic E-state index is -0.266. The van der Waals surface area contributed by atoms with E-state index in [1.165, 1.54) is 16.9 Å². The molecule has 27 heavy (non-hydrogen) atoms. The van der Waals surface area contributed by atoms with Crippen LogP contribution < -0.4 is 15.4 Å². The number of hydrogen-bond acceptors (Lipinski definition) is 6. The molecule has 144 valence electrons. The standard InChI is InChI=1S/C20H25N3O3S/c1-3-21-20-22-11(2)18(27-20)19(25)23-17(14-9-15(24)10-14)13-4-5-16-12(8-13)6-7-26-16/h4-5,8,14-15,17,24H,3,6-7,9-10H2,1-2H3,(H,21,22)(H,23,25). The van der Waals surface area contributed by atoms with Crippen molar-refractivity contribution < 1.29 is 14.6 Å². The second-order valence-corrected chi connectivity index (χ2v) is 8.27. The first-order chi connectivity index (χ1) is 13.0. The van der Waals surface area contributed by atoms with E-state index in [0.29, 0.717) is 24.3 Å². The highest BCUT2D eigenvalue weighted by atomic mass is 32.1. The lowest BCUT2D eigenvalue weighted by Crippen LogP contribution is -2.41. The predicted molar refractivity (Wildman–Crippen MR) is 106 cm³/mol. The molecule has 1 fully saturated rings. The molecule has 1 aromatic heterocycles. The predicted octanol–water partition coefficient (Wildman–Crippen LogP) is 3.06. The molecular weight excluding hydrogens is 362 g/mol. The highest BCUT2D eigenvalue weighted by Crippen LogP contribution is 2.40. The summed E-state index contributed by atoms with van der Waals surface area (Å²) in [6.07, 6.45) is 2.06. The Hall–Kier alpha value is -2.12. The molecule has 0 spiro atoms. The maximum absolute atomic E-state index is 13.0. The lowest BCUT2D eigenvalue weighted by molar-refractivity contribution is 0.0235. The summed E-state index contributed by atoms with van der Waals surface area (Å²) >= 11 is 1.38. The molecule has 1 saturated carbocycles. The first-order valence-electron chi connectivity index (χ1n) is 9.51. The average Bonchev–Trinajstić information content (AvgIpc) is 3.23. The van der Waals surface area contributed by atoms with E-state index >= 15 is 0 Å². The molecule has 1 aliphatic carbocycles. The van der Waals surface area contributed by atoms with E-state index in [9.17, 15) is 9.90 Å². The average molecular weight is 388 g/mol. The summed E-state index contributed by atoms with van der Waals surface area (Å²) in [4.78, 5) is 18.0. The van der Waals surface area contributed by atoms with Crippen molar-refractivity contribution in [1.82, 2.24) is 10.3 Å². The number of fused-ring (bicyclic) bond motifs is 1. The number of aliphatic hydroxyl groups is 1. The van der Waals surface area contributed by atoms with Gasteiger partial charge in [0, 0.05) is 13.0 Å². The third-order valence-electron chi connectivity index (χ3n) is 5.31. The van der Waals surface area contributed by atoms with Gasteiger partial charge in [-0.05, 0) is 55.9 Å². The smallest absolute Gasteiger partial charge is 0.263 e. The summed E-state index contributed by atoms with van der Waals surface area (Å²) in [5.74, 6) is 1.08. The molecule has 2 aliphatic rings. The van der Waals surface area contributed by atoms with Crippen LogP contribution in [0.5, 0.6) is 5.75 Å². The van der Waals surface area contributed by atoms with Gasteiger partial charge in [0.2, 0.25) is 0 Å². The molecule has 1 amide bonds. The number of aryl methyl sites for hydroxylation is 1. The Labute approximate surface area is 163 Å². The van der Waals surface area contributed by atoms with Gasteiger partial charge < -0.3 is 20.5 Å². The number of aliphatic hydroxyl groups excluding tert-OH is 1. The molecule has 6 nitrogen and oxygen atoms in total. The van der Waals surface area contributed by atoms with Crippen molar-refractivity contribution >= 4 is 22.4 Å². The molecule has 1 atom stereocenters. The molecular formula is C20H25N3O3S. The van der Waals surface area contributed by atoms with E-state index in [0.717, 1.165) is 35.1 Å². The molecule has 2 heterocycles. The quantitative estimate of drug-likeness (QED) is 0.710. The molecule has 4 rings (SSSR count). The molecule has 3 N–H and O–H groups in total. The summed E-state index contributed by atoms with van der Waals surface area (Å²) in [6, 6.07) is 6.05. The Bertz CT molecular complexity index is 845. The zero-order valence-electron chi connectivity index (χ0n) is 15.6. The van der Waals surface area contributed by atoms with Gasteiger partial charge >= 0.3 is 0 Å². The zero-order valence-corrected chi connectivity index (χ0v) is 16.4. The van der Waals surface area contributed by atoms with E-state index in [4.69, 9.17) is 4.74 Å². The molecule has 1 unspecified atom stereocenters. The van der Waals surface area contributed by atoms with Crippen LogP contribution in [0.15, 0.2) is 18.2 Å². The summed E-state index contributed by atoms with van der Waals surface area (Å²) in [5.41, 5.74) is 3.01. The van der Waals surface area contributed by atoms with Crippen molar-refractivity contribution in [1.29, 1.82) is 0 Å². The van der Waals surface area contributed by atoms with Crippen LogP contribution in [0.25, 0.3) is 0 Å². The Morgan fingerprint density at radius 1 is 1.44 bits per heavy atom. The van der Waals surface area contributed by atoms with E-state index in [2.05, 4.69) is 21.7 Å². The monoisotopic (exact) mass is 387 g/mol. The number of hydrogen-bond donors (Lipinski definition) is 3. The molecule has 1 aromatic carbocycles. The van der Waals surface area contributed by atoms with Gasteiger partial charge in [0.1, 0.15) is 10.6 Å². The Kier molecular flexibility index (Phi) is 5.06. The van der Waals surface area contributed by atoms with Crippen molar-refractivity contribution in [3.63, 3.8) is 0 Å². The Balaban J connectivity index is 1.57. The van der Waals surface area contributed by atoms with Crippen LogP contribution in [-0.2, 0) is 6.42 Å². The minimum Gasteiger partial charge on any atom is -0.493 e. The number of rotatable bonds is 6. The maximum atomic E-state index is 13.0. The van der Waals surface area contributed by atoms with Crippen LogP contribution in [0.3, 0.4) is 0 Å². The number of ether oxygens (including phenoxy) is 1. The number of carbonyl (C=O) groups is 1. The van der Waals surface area contributed by atoms with Gasteiger partial charge in [-0.25, -0.2) is 4.98 Å². The van der Waals surface area contributed by atoms with Crippen LogP contribution in [0.1, 0.15) is 52.3 Å². The zero-order chi connectivity index (χ0) is 19.0. The number of aromatic nitrogens is 1. The van der Waals surface area contributed by atoms with Gasteiger partial charge in [0.25, 0.3) is 5.91 Å². The van der Waals surface area contributed by atoms with E-state index < -0.39 is 0 Å². The second-order valence-electron chi connectivity index (χ2n) is 7.27. The van der Waals surface area contributed by atoms with Crippen LogP contribution in [0.2, 0.25) is 0 Å². The van der Waals surface area contributed by atoms with E-state index in [-0.39, 0.29) is 24.0 Å². The van der Waals surface area contributed by atoms with Crippen molar-refractivity contribution in [2.75, 3.05) is 18.5 Å². The fourth-order valence-corrected chi connectivity index (χ4v) is 4.75. The number of nitrogens with one attached hydrogen (secondary N) is 2. The Morgan fingerprint density at radius 3 is 3.00 bits per heavy atom. The summed E-state index contributed by atoms with van der Waals surface area (Å²) < 4.78 is 5.60. The molecule has 0 saturated heterocycles. The number of amides is 1.